The van der Waals surface area contributed by atoms with E-state index in [9.17, 15) is 0 Å². The van der Waals surface area contributed by atoms with Gasteiger partial charge < -0.3 is 30.1 Å². The largest absolute Gasteiger partial charge is 2.00 e. The van der Waals surface area contributed by atoms with Gasteiger partial charge in [0.15, 0.2) is 0 Å². The second-order valence-corrected chi connectivity index (χ2v) is 0.929. The molecule has 0 unspecified atom stereocenters. The zero-order chi connectivity index (χ0) is 8.24. The summed E-state index contributed by atoms with van der Waals surface area (Å²) in [7, 11) is 0. The number of aldehydes is 4. The molecule has 0 aliphatic carbocycles. The third-order valence-corrected chi connectivity index (χ3v) is 0.314. The summed E-state index contributed by atoms with van der Waals surface area (Å²) in [4.78, 5) is 36.5. The van der Waals surface area contributed by atoms with Gasteiger partial charge in [0.25, 0.3) is 0 Å². The molecular formula is C6H10NiO6. The fraction of sp³-hybridized carbons (Fsp3) is 0. The first-order valence-corrected chi connectivity index (χ1v) is 2.28. The smallest absolute Gasteiger partial charge is 0.412 e. The molecule has 0 aromatic carbocycles. The monoisotopic (exact) mass is 236 g/mol. The van der Waals surface area contributed by atoms with Crippen molar-refractivity contribution in [3.05, 3.63) is 12.8 Å². The molecule has 0 aromatic rings. The minimum Gasteiger partial charge on any atom is -0.412 e. The average molecular weight is 237 g/mol. The fourth-order valence-electron chi connectivity index (χ4n) is 0.0642. The molecule has 0 heterocycles. The van der Waals surface area contributed by atoms with Crippen LogP contribution in [0.5, 0.6) is 0 Å². The molecule has 0 atom stereocenters. The molecule has 4 N–H and O–H groups in total. The first kappa shape index (κ1) is 29.7. The van der Waals surface area contributed by atoms with Crippen LogP contribution < -0.4 is 0 Å². The molecule has 0 aliphatic heterocycles. The molecule has 0 aliphatic rings. The molecule has 0 amide bonds. The van der Waals surface area contributed by atoms with Gasteiger partial charge in [-0.3, -0.25) is 12.8 Å². The molecule has 80 valence electrons. The van der Waals surface area contributed by atoms with Crippen molar-refractivity contribution in [2.24, 2.45) is 0 Å². The van der Waals surface area contributed by atoms with Crippen LogP contribution in [-0.4, -0.2) is 36.1 Å². The number of carbonyl (C=O) groups is 4. The van der Waals surface area contributed by atoms with Gasteiger partial charge in [-0.2, -0.15) is 0 Å². The molecule has 0 spiro atoms. The Morgan fingerprint density at radius 3 is 0.769 bits per heavy atom. The first-order valence-electron chi connectivity index (χ1n) is 2.28. The SMILES string of the molecule is O.O.O=C[CH-]C=O.O=C[CH-]C=O.[Ni+2]. The third-order valence-electron chi connectivity index (χ3n) is 0.314. The van der Waals surface area contributed by atoms with Crippen molar-refractivity contribution in [2.45, 2.75) is 0 Å². The Morgan fingerprint density at radius 2 is 0.769 bits per heavy atom. The molecule has 7 heteroatoms. The van der Waals surface area contributed by atoms with Gasteiger partial charge in [-0.15, -0.1) is 0 Å². The van der Waals surface area contributed by atoms with Crippen molar-refractivity contribution in [1.29, 1.82) is 0 Å². The third kappa shape index (κ3) is 105. The second kappa shape index (κ2) is 44.8. The Hall–Kier alpha value is -1.17. The molecule has 0 radical (unpaired) electrons. The number of rotatable bonds is 4. The van der Waals surface area contributed by atoms with Crippen LogP contribution in [0.4, 0.5) is 0 Å². The van der Waals surface area contributed by atoms with Crippen LogP contribution in [0, 0.1) is 12.8 Å². The quantitative estimate of drug-likeness (QED) is 0.231. The van der Waals surface area contributed by atoms with Gasteiger partial charge in [0.2, 0.25) is 0 Å². The summed E-state index contributed by atoms with van der Waals surface area (Å²) in [5.41, 5.74) is 0. The van der Waals surface area contributed by atoms with E-state index in [0.29, 0.717) is 25.1 Å². The van der Waals surface area contributed by atoms with Crippen LogP contribution in [0.3, 0.4) is 0 Å². The summed E-state index contributed by atoms with van der Waals surface area (Å²) in [5, 5.41) is 0. The minimum atomic E-state index is 0. The van der Waals surface area contributed by atoms with Crippen molar-refractivity contribution in [3.63, 3.8) is 0 Å². The van der Waals surface area contributed by atoms with Gasteiger partial charge in [-0.25, -0.2) is 0 Å². The molecule has 0 aromatic heterocycles. The summed E-state index contributed by atoms with van der Waals surface area (Å²) < 4.78 is 0. The molecule has 0 saturated carbocycles. The van der Waals surface area contributed by atoms with Gasteiger partial charge >= 0.3 is 16.5 Å². The summed E-state index contributed by atoms with van der Waals surface area (Å²) in [6.45, 7) is 0. The van der Waals surface area contributed by atoms with E-state index in [1.807, 2.05) is 0 Å². The summed E-state index contributed by atoms with van der Waals surface area (Å²) in [6, 6.07) is 0. The van der Waals surface area contributed by atoms with Gasteiger partial charge in [0.05, 0.1) is 0 Å². The Morgan fingerprint density at radius 1 is 0.615 bits per heavy atom. The summed E-state index contributed by atoms with van der Waals surface area (Å²) in [5.74, 6) is 0. The number of hydrogen-bond acceptors (Lipinski definition) is 4. The Labute approximate surface area is 85.2 Å². The van der Waals surface area contributed by atoms with E-state index in [0.717, 1.165) is 12.8 Å². The summed E-state index contributed by atoms with van der Waals surface area (Å²) >= 11 is 0. The Kier molecular flexibility index (Phi) is 103. The predicted molar refractivity (Wildman–Crippen MR) is 40.1 cm³/mol. The number of hydrogen-bond donors (Lipinski definition) is 0. The zero-order valence-electron chi connectivity index (χ0n) is 6.41. The molecule has 13 heavy (non-hydrogen) atoms. The van der Waals surface area contributed by atoms with Crippen molar-refractivity contribution < 1.29 is 46.6 Å². The van der Waals surface area contributed by atoms with Crippen LogP contribution >= 0.6 is 0 Å². The number of carbonyl (C=O) groups excluding carboxylic acids is 4. The van der Waals surface area contributed by atoms with E-state index in [4.69, 9.17) is 19.2 Å². The zero-order valence-corrected chi connectivity index (χ0v) is 7.40. The van der Waals surface area contributed by atoms with Crippen LogP contribution in [0.1, 0.15) is 0 Å². The van der Waals surface area contributed by atoms with E-state index in [1.165, 1.54) is 0 Å². The van der Waals surface area contributed by atoms with Gasteiger partial charge in [0, 0.05) is 0 Å². The average Bonchev–Trinajstić information content (AvgIpc) is 1.93. The molecule has 0 fully saturated rings. The molecule has 0 saturated heterocycles. The van der Waals surface area contributed by atoms with Crippen molar-refractivity contribution in [2.75, 3.05) is 0 Å². The van der Waals surface area contributed by atoms with E-state index < -0.39 is 0 Å². The van der Waals surface area contributed by atoms with E-state index in [1.54, 1.807) is 0 Å². The first-order chi connectivity index (χ1) is 4.83. The minimum absolute atomic E-state index is 0. The van der Waals surface area contributed by atoms with Gasteiger partial charge in [-0.1, -0.05) is 0 Å². The van der Waals surface area contributed by atoms with Gasteiger partial charge in [0.1, 0.15) is 0 Å². The van der Waals surface area contributed by atoms with Crippen LogP contribution in [0.25, 0.3) is 0 Å². The normalized spacial score (nSPS) is 4.31. The Bertz CT molecular complexity index is 89.7. The topological polar surface area (TPSA) is 131 Å². The molecule has 0 bridgehead atoms. The standard InChI is InChI=1S/2C3H3O2.Ni.2H2O/c2*4-2-1-3-5;;;/h2*1-3H;;2*1H2/q2*-1;+2;;. The fourth-order valence-corrected chi connectivity index (χ4v) is 0.0642. The maximum Gasteiger partial charge on any atom is 2.00 e. The van der Waals surface area contributed by atoms with E-state index in [2.05, 4.69) is 0 Å². The molecule has 6 nitrogen and oxygen atoms in total. The molecule has 0 rings (SSSR count). The predicted octanol–water partition coefficient (Wildman–Crippen LogP) is -2.47. The van der Waals surface area contributed by atoms with Crippen LogP contribution in [-0.2, 0) is 35.7 Å². The van der Waals surface area contributed by atoms with Crippen LogP contribution in [0.15, 0.2) is 0 Å². The van der Waals surface area contributed by atoms with E-state index in [-0.39, 0.29) is 27.4 Å². The van der Waals surface area contributed by atoms with E-state index >= 15 is 0 Å². The Balaban J connectivity index is -0.0000000267. The van der Waals surface area contributed by atoms with Crippen molar-refractivity contribution >= 4 is 25.1 Å². The maximum atomic E-state index is 9.12. The van der Waals surface area contributed by atoms with Crippen molar-refractivity contribution in [1.82, 2.24) is 0 Å². The second-order valence-electron chi connectivity index (χ2n) is 0.929. The maximum absolute atomic E-state index is 9.12. The van der Waals surface area contributed by atoms with Gasteiger partial charge in [-0.05, 0) is 25.1 Å². The summed E-state index contributed by atoms with van der Waals surface area (Å²) in [6.07, 6.45) is 3.53. The van der Waals surface area contributed by atoms with Crippen LogP contribution in [0.2, 0.25) is 0 Å². The molecular weight excluding hydrogens is 227 g/mol. The van der Waals surface area contributed by atoms with Crippen molar-refractivity contribution in [3.8, 4) is 0 Å².